The summed E-state index contributed by atoms with van der Waals surface area (Å²) in [6.07, 6.45) is -0.718. The van der Waals surface area contributed by atoms with E-state index in [2.05, 4.69) is 5.32 Å². The van der Waals surface area contributed by atoms with Crippen molar-refractivity contribution in [3.05, 3.63) is 0 Å². The van der Waals surface area contributed by atoms with Crippen molar-refractivity contribution >= 4 is 12.1 Å². The third-order valence-corrected chi connectivity index (χ3v) is 0.783. The zero-order valence-corrected chi connectivity index (χ0v) is 13.6. The first-order chi connectivity index (χ1) is 6.72. The fourth-order valence-corrected chi connectivity index (χ4v) is 0.462. The molecule has 6 nitrogen and oxygen atoms in total. The molecule has 0 aromatic rings. The topological polar surface area (TPSA) is 98.7 Å². The van der Waals surface area contributed by atoms with E-state index in [9.17, 15) is 9.59 Å². The SMILES string of the molecule is CC(C)(C)OC(=O)NCC(=O)O.CC[O-].[K+]. The van der Waals surface area contributed by atoms with Crippen molar-refractivity contribution < 1.29 is 75.9 Å². The number of hydrogen-bond donors (Lipinski definition) is 2. The van der Waals surface area contributed by atoms with Crippen molar-refractivity contribution in [1.29, 1.82) is 0 Å². The Kier molecular flexibility index (Phi) is 15.9. The summed E-state index contributed by atoms with van der Waals surface area (Å²) in [7, 11) is 0. The summed E-state index contributed by atoms with van der Waals surface area (Å²) >= 11 is 0. The quantitative estimate of drug-likeness (QED) is 0.514. The van der Waals surface area contributed by atoms with Gasteiger partial charge in [0.1, 0.15) is 12.1 Å². The van der Waals surface area contributed by atoms with Crippen LogP contribution >= 0.6 is 0 Å². The zero-order chi connectivity index (χ0) is 12.5. The molecule has 0 atom stereocenters. The Morgan fingerprint density at radius 1 is 1.38 bits per heavy atom. The molecular formula is C9H18KNO5. The third-order valence-electron chi connectivity index (χ3n) is 0.783. The van der Waals surface area contributed by atoms with Gasteiger partial charge in [0.05, 0.1) is 0 Å². The van der Waals surface area contributed by atoms with Crippen LogP contribution in [0.2, 0.25) is 0 Å². The minimum atomic E-state index is -1.10. The van der Waals surface area contributed by atoms with Crippen molar-refractivity contribution in [2.45, 2.75) is 33.3 Å². The van der Waals surface area contributed by atoms with Crippen molar-refractivity contribution in [3.8, 4) is 0 Å². The largest absolute Gasteiger partial charge is 1.00 e. The second-order valence-electron chi connectivity index (χ2n) is 3.54. The van der Waals surface area contributed by atoms with Gasteiger partial charge in [0.2, 0.25) is 0 Å². The van der Waals surface area contributed by atoms with Gasteiger partial charge in [-0.3, -0.25) is 4.79 Å². The van der Waals surface area contributed by atoms with Crippen molar-refractivity contribution in [3.63, 3.8) is 0 Å². The van der Waals surface area contributed by atoms with E-state index in [1.54, 1.807) is 27.7 Å². The molecule has 0 radical (unpaired) electrons. The van der Waals surface area contributed by atoms with E-state index in [0.717, 1.165) is 0 Å². The average Bonchev–Trinajstić information content (AvgIpc) is 1.99. The van der Waals surface area contributed by atoms with Gasteiger partial charge in [0.15, 0.2) is 0 Å². The van der Waals surface area contributed by atoms with Gasteiger partial charge in [-0.2, -0.15) is 0 Å². The van der Waals surface area contributed by atoms with Crippen LogP contribution in [0.5, 0.6) is 0 Å². The summed E-state index contributed by atoms with van der Waals surface area (Å²) < 4.78 is 4.77. The molecule has 7 heteroatoms. The van der Waals surface area contributed by atoms with Gasteiger partial charge in [-0.1, -0.05) is 6.92 Å². The van der Waals surface area contributed by atoms with Crippen LogP contribution in [0.4, 0.5) is 4.79 Å². The fraction of sp³-hybridized carbons (Fsp3) is 0.778. The van der Waals surface area contributed by atoms with Gasteiger partial charge in [-0.25, -0.2) is 4.79 Å². The van der Waals surface area contributed by atoms with Crippen molar-refractivity contribution in [1.82, 2.24) is 5.32 Å². The number of carbonyl (C=O) groups excluding carboxylic acids is 1. The Morgan fingerprint density at radius 3 is 2.00 bits per heavy atom. The minimum Gasteiger partial charge on any atom is -0.855 e. The van der Waals surface area contributed by atoms with Gasteiger partial charge >= 0.3 is 63.4 Å². The molecule has 0 fully saturated rings. The minimum absolute atomic E-state index is 0. The molecule has 0 aliphatic heterocycles. The summed E-state index contributed by atoms with van der Waals surface area (Å²) in [5, 5.41) is 19.2. The smallest absolute Gasteiger partial charge is 0.855 e. The van der Waals surface area contributed by atoms with Crippen LogP contribution in [-0.2, 0) is 9.53 Å². The van der Waals surface area contributed by atoms with Gasteiger partial charge in [0.25, 0.3) is 0 Å². The van der Waals surface area contributed by atoms with Gasteiger partial charge in [-0.15, -0.1) is 6.61 Å². The molecule has 0 unspecified atom stereocenters. The number of rotatable bonds is 2. The molecule has 0 heterocycles. The summed E-state index contributed by atoms with van der Waals surface area (Å²) in [4.78, 5) is 20.8. The van der Waals surface area contributed by atoms with E-state index >= 15 is 0 Å². The predicted octanol–water partition coefficient (Wildman–Crippen LogP) is -3.03. The molecule has 0 aliphatic rings. The van der Waals surface area contributed by atoms with Crippen LogP contribution < -0.4 is 61.8 Å². The Balaban J connectivity index is -0.000000377. The Bertz CT molecular complexity index is 203. The van der Waals surface area contributed by atoms with Crippen molar-refractivity contribution in [2.24, 2.45) is 0 Å². The molecule has 0 aromatic heterocycles. The Labute approximate surface area is 138 Å². The maximum atomic E-state index is 10.8. The first-order valence-electron chi connectivity index (χ1n) is 4.49. The first kappa shape index (κ1) is 21.6. The number of ether oxygens (including phenoxy) is 1. The average molecular weight is 259 g/mol. The number of hydrogen-bond acceptors (Lipinski definition) is 4. The van der Waals surface area contributed by atoms with E-state index in [0.29, 0.717) is 0 Å². The molecule has 0 aliphatic carbocycles. The van der Waals surface area contributed by atoms with Crippen LogP contribution in [-0.4, -0.2) is 35.9 Å². The van der Waals surface area contributed by atoms with E-state index < -0.39 is 24.2 Å². The molecule has 0 rings (SSSR count). The number of carboxylic acids is 1. The Morgan fingerprint density at radius 2 is 1.75 bits per heavy atom. The molecule has 2 N–H and O–H groups in total. The number of alkyl carbamates (subject to hydrolysis) is 1. The van der Waals surface area contributed by atoms with Crippen LogP contribution in [0.3, 0.4) is 0 Å². The standard InChI is InChI=1S/C7H13NO4.C2H5O.K/c1-7(2,3)12-6(11)8-4-5(9)10;1-2-3;/h4H2,1-3H3,(H,8,11)(H,9,10);2H2,1H3;/q;-1;+1. The summed E-state index contributed by atoms with van der Waals surface area (Å²) in [6, 6.07) is 0. The summed E-state index contributed by atoms with van der Waals surface area (Å²) in [6.45, 7) is 6.25. The van der Waals surface area contributed by atoms with Crippen LogP contribution in [0, 0.1) is 0 Å². The van der Waals surface area contributed by atoms with Crippen LogP contribution in [0.25, 0.3) is 0 Å². The molecule has 0 aromatic carbocycles. The number of amides is 1. The number of carbonyl (C=O) groups is 2. The first-order valence-corrected chi connectivity index (χ1v) is 4.49. The molecular weight excluding hydrogens is 241 g/mol. The third kappa shape index (κ3) is 23.9. The second kappa shape index (κ2) is 11.8. The van der Waals surface area contributed by atoms with Crippen molar-refractivity contribution in [2.75, 3.05) is 13.2 Å². The maximum absolute atomic E-state index is 10.8. The zero-order valence-electron chi connectivity index (χ0n) is 10.5. The summed E-state index contributed by atoms with van der Waals surface area (Å²) in [5.74, 6) is -1.10. The van der Waals surface area contributed by atoms with Gasteiger partial charge in [-0.05, 0) is 20.8 Å². The summed E-state index contributed by atoms with van der Waals surface area (Å²) in [5.41, 5.74) is -0.595. The molecule has 1 amide bonds. The fourth-order valence-electron chi connectivity index (χ4n) is 0.462. The predicted molar refractivity (Wildman–Crippen MR) is 52.4 cm³/mol. The van der Waals surface area contributed by atoms with Crippen LogP contribution in [0.15, 0.2) is 0 Å². The molecule has 0 saturated carbocycles. The monoisotopic (exact) mass is 259 g/mol. The van der Waals surface area contributed by atoms with Crippen LogP contribution in [0.1, 0.15) is 27.7 Å². The van der Waals surface area contributed by atoms with E-state index in [1.165, 1.54) is 0 Å². The molecule has 16 heavy (non-hydrogen) atoms. The number of aliphatic carboxylic acids is 1. The number of nitrogens with one attached hydrogen (secondary N) is 1. The molecule has 0 saturated heterocycles. The normalized spacial score (nSPS) is 9.06. The number of carboxylic acid groups (broad SMARTS) is 1. The van der Waals surface area contributed by atoms with Gasteiger partial charge in [0, 0.05) is 0 Å². The van der Waals surface area contributed by atoms with E-state index in [4.69, 9.17) is 14.9 Å². The Hall–Kier alpha value is 0.336. The van der Waals surface area contributed by atoms with E-state index in [-0.39, 0.29) is 58.0 Å². The van der Waals surface area contributed by atoms with E-state index in [1.807, 2.05) is 0 Å². The second-order valence-corrected chi connectivity index (χ2v) is 3.54. The maximum Gasteiger partial charge on any atom is 1.00 e. The van der Waals surface area contributed by atoms with Gasteiger partial charge < -0.3 is 20.3 Å². The molecule has 90 valence electrons. The molecule has 0 bridgehead atoms. The molecule has 0 spiro atoms.